The second-order valence-electron chi connectivity index (χ2n) is 18.6. The molecule has 0 saturated heterocycles. The highest BCUT2D eigenvalue weighted by Gasteiger charge is 2.72. The predicted octanol–water partition coefficient (Wildman–Crippen LogP) is 8.88. The molecule has 3 unspecified atom stereocenters. The van der Waals surface area contributed by atoms with E-state index in [2.05, 4.69) is 48.1 Å². The smallest absolute Gasteiger partial charge is 0.306 e. The maximum atomic E-state index is 13.2. The summed E-state index contributed by atoms with van der Waals surface area (Å²) in [6.45, 7) is 24.7. The maximum absolute atomic E-state index is 13.2. The van der Waals surface area contributed by atoms with Gasteiger partial charge in [-0.15, -0.1) is 0 Å². The summed E-state index contributed by atoms with van der Waals surface area (Å²) in [5.74, 6) is 2.88. The molecule has 0 aromatic rings. The van der Waals surface area contributed by atoms with Gasteiger partial charge in [0, 0.05) is 10.8 Å². The summed E-state index contributed by atoms with van der Waals surface area (Å²) < 4.78 is 12.6. The Hall–Kier alpha value is -1.85. The van der Waals surface area contributed by atoms with Crippen molar-refractivity contribution < 1.29 is 24.2 Å². The Kier molecular flexibility index (Phi) is 7.96. The number of fused-ring (bicyclic) bond motifs is 7. The number of rotatable bonds is 7. The zero-order valence-corrected chi connectivity index (χ0v) is 29.6. The normalized spacial score (nSPS) is 45.2. The van der Waals surface area contributed by atoms with Crippen molar-refractivity contribution in [1.29, 1.82) is 0 Å². The molecule has 5 saturated carbocycles. The molecule has 1 heterocycles. The number of carbonyl (C=O) groups excluding carboxylic acids is 1. The van der Waals surface area contributed by atoms with Gasteiger partial charge in [0.15, 0.2) is 5.90 Å². The molecule has 0 radical (unpaired) electrons. The van der Waals surface area contributed by atoms with Crippen LogP contribution >= 0.6 is 0 Å². The van der Waals surface area contributed by atoms with E-state index in [0.717, 1.165) is 31.9 Å². The SMILES string of the molecule is C=C(C)[C@@H]1CC[C@]2(C3=NCCO3)CC[C@]3(C)[C@H](CCC4[C@@]5(C)CC[C@H](OC(=O)CC(C)(C)CC(=O)O)C(C)(C)C5CC[C@]43C)C12. The molecule has 0 amide bonds. The lowest BCUT2D eigenvalue weighted by Gasteiger charge is -2.73. The van der Waals surface area contributed by atoms with Crippen molar-refractivity contribution in [2.75, 3.05) is 13.2 Å². The highest BCUT2D eigenvalue weighted by atomic mass is 16.5. The van der Waals surface area contributed by atoms with Gasteiger partial charge in [0.25, 0.3) is 0 Å². The van der Waals surface area contributed by atoms with E-state index >= 15 is 0 Å². The fourth-order valence-corrected chi connectivity index (χ4v) is 13.4. The lowest BCUT2D eigenvalue weighted by molar-refractivity contribution is -0.247. The number of allylic oxidation sites excluding steroid dienone is 1. The third-order valence-corrected chi connectivity index (χ3v) is 15.5. The Morgan fingerprint density at radius 3 is 2.31 bits per heavy atom. The van der Waals surface area contributed by atoms with Gasteiger partial charge in [0.05, 0.1) is 19.4 Å². The second kappa shape index (κ2) is 10.8. The number of carbonyl (C=O) groups is 2. The molecule has 10 atom stereocenters. The summed E-state index contributed by atoms with van der Waals surface area (Å²) in [4.78, 5) is 29.5. The standard InChI is InChI=1S/C39H61NO5/c1-24(2)25-12-17-39(33-40-20-21-44-33)19-18-37(8)26(32(25)39)10-11-28-36(7)15-14-29(35(5,6)27(36)13-16-38(28,37)9)45-31(43)23-34(3,4)22-30(41)42/h25-29,32H,1,10-23H2,2-9H3,(H,41,42)/t25-,26+,27?,28?,29-,32?,36-,37+,38+,39-/m0/s1. The molecular formula is C39H61NO5. The molecule has 6 rings (SSSR count). The van der Waals surface area contributed by atoms with E-state index in [-0.39, 0.29) is 52.0 Å². The number of nitrogens with zero attached hydrogens (tertiary/aromatic N) is 1. The Balaban J connectivity index is 1.26. The average Bonchev–Trinajstić information content (AvgIpc) is 3.59. The van der Waals surface area contributed by atoms with Crippen molar-refractivity contribution in [2.24, 2.45) is 67.1 Å². The van der Waals surface area contributed by atoms with Gasteiger partial charge < -0.3 is 14.6 Å². The van der Waals surface area contributed by atoms with E-state index in [1.54, 1.807) is 0 Å². The van der Waals surface area contributed by atoms with E-state index in [1.165, 1.54) is 56.9 Å². The number of ether oxygens (including phenoxy) is 2. The number of esters is 1. The number of aliphatic carboxylic acids is 1. The minimum absolute atomic E-state index is 0.0346. The van der Waals surface area contributed by atoms with Gasteiger partial charge in [0.2, 0.25) is 0 Å². The van der Waals surface area contributed by atoms with Crippen LogP contribution in [0.4, 0.5) is 0 Å². The van der Waals surface area contributed by atoms with Crippen LogP contribution in [-0.2, 0) is 19.1 Å². The molecule has 5 aliphatic carbocycles. The van der Waals surface area contributed by atoms with E-state index in [4.69, 9.17) is 14.5 Å². The van der Waals surface area contributed by atoms with Crippen LogP contribution in [0.1, 0.15) is 132 Å². The lowest BCUT2D eigenvalue weighted by Crippen LogP contribution is -2.67. The van der Waals surface area contributed by atoms with E-state index in [9.17, 15) is 14.7 Å². The fourth-order valence-electron chi connectivity index (χ4n) is 13.4. The van der Waals surface area contributed by atoms with Crippen molar-refractivity contribution in [3.63, 3.8) is 0 Å². The van der Waals surface area contributed by atoms with Crippen molar-refractivity contribution in [3.8, 4) is 0 Å². The first-order valence-electron chi connectivity index (χ1n) is 18.2. The Bertz CT molecular complexity index is 1270. The first kappa shape index (κ1) is 33.1. The maximum Gasteiger partial charge on any atom is 0.306 e. The molecule has 0 bridgehead atoms. The molecule has 252 valence electrons. The minimum Gasteiger partial charge on any atom is -0.481 e. The molecule has 1 aliphatic heterocycles. The molecule has 45 heavy (non-hydrogen) atoms. The van der Waals surface area contributed by atoms with Crippen molar-refractivity contribution in [1.82, 2.24) is 0 Å². The van der Waals surface area contributed by atoms with Crippen LogP contribution in [0.15, 0.2) is 17.1 Å². The summed E-state index contributed by atoms with van der Waals surface area (Å²) >= 11 is 0. The van der Waals surface area contributed by atoms with Crippen molar-refractivity contribution >= 4 is 17.8 Å². The van der Waals surface area contributed by atoms with Gasteiger partial charge in [-0.05, 0) is 122 Å². The van der Waals surface area contributed by atoms with Gasteiger partial charge in [-0.1, -0.05) is 60.6 Å². The highest BCUT2D eigenvalue weighted by Crippen LogP contribution is 2.77. The Morgan fingerprint density at radius 1 is 0.933 bits per heavy atom. The Morgan fingerprint density at radius 2 is 1.67 bits per heavy atom. The van der Waals surface area contributed by atoms with Crippen LogP contribution < -0.4 is 0 Å². The monoisotopic (exact) mass is 623 g/mol. The fraction of sp³-hybridized carbons (Fsp3) is 0.872. The van der Waals surface area contributed by atoms with Gasteiger partial charge >= 0.3 is 11.9 Å². The Labute approximate surface area is 272 Å². The van der Waals surface area contributed by atoms with Crippen LogP contribution in [0.5, 0.6) is 0 Å². The van der Waals surface area contributed by atoms with Gasteiger partial charge in [-0.2, -0.15) is 0 Å². The predicted molar refractivity (Wildman–Crippen MR) is 178 cm³/mol. The van der Waals surface area contributed by atoms with Crippen LogP contribution in [-0.4, -0.2) is 42.2 Å². The largest absolute Gasteiger partial charge is 0.481 e. The first-order valence-corrected chi connectivity index (χ1v) is 18.2. The minimum atomic E-state index is -0.873. The summed E-state index contributed by atoms with van der Waals surface area (Å²) in [6, 6.07) is 0. The zero-order chi connectivity index (χ0) is 32.8. The third-order valence-electron chi connectivity index (χ3n) is 15.5. The van der Waals surface area contributed by atoms with Gasteiger partial charge in [-0.3, -0.25) is 14.6 Å². The van der Waals surface area contributed by atoms with Gasteiger partial charge in [0.1, 0.15) is 12.7 Å². The van der Waals surface area contributed by atoms with E-state index in [0.29, 0.717) is 29.6 Å². The van der Waals surface area contributed by atoms with Crippen molar-refractivity contribution in [2.45, 2.75) is 139 Å². The summed E-state index contributed by atoms with van der Waals surface area (Å²) in [6.07, 6.45) is 11.8. The third kappa shape index (κ3) is 4.87. The summed E-state index contributed by atoms with van der Waals surface area (Å²) in [7, 11) is 0. The number of hydrogen-bond acceptors (Lipinski definition) is 5. The van der Waals surface area contributed by atoms with Crippen molar-refractivity contribution in [3.05, 3.63) is 12.2 Å². The van der Waals surface area contributed by atoms with Crippen LogP contribution in [0, 0.1) is 62.1 Å². The molecule has 6 aliphatic rings. The van der Waals surface area contributed by atoms with E-state index < -0.39 is 11.4 Å². The molecule has 6 heteroatoms. The van der Waals surface area contributed by atoms with Crippen LogP contribution in [0.2, 0.25) is 0 Å². The van der Waals surface area contributed by atoms with E-state index in [1.807, 2.05) is 13.8 Å². The number of carboxylic acids is 1. The molecule has 6 nitrogen and oxygen atoms in total. The number of carboxylic acid groups (broad SMARTS) is 1. The van der Waals surface area contributed by atoms with Crippen LogP contribution in [0.25, 0.3) is 0 Å². The highest BCUT2D eigenvalue weighted by molar-refractivity contribution is 5.85. The molecule has 0 aromatic carbocycles. The average molecular weight is 624 g/mol. The molecule has 0 aromatic heterocycles. The van der Waals surface area contributed by atoms with Crippen LogP contribution in [0.3, 0.4) is 0 Å². The molecular weight excluding hydrogens is 562 g/mol. The van der Waals surface area contributed by atoms with Gasteiger partial charge in [-0.25, -0.2) is 0 Å². The summed E-state index contributed by atoms with van der Waals surface area (Å²) in [5, 5.41) is 9.31. The number of aliphatic imine (C=N–C) groups is 1. The molecule has 5 fully saturated rings. The topological polar surface area (TPSA) is 85.2 Å². The second-order valence-corrected chi connectivity index (χ2v) is 18.6. The zero-order valence-electron chi connectivity index (χ0n) is 29.6. The number of hydrogen-bond donors (Lipinski definition) is 1. The summed E-state index contributed by atoms with van der Waals surface area (Å²) in [5.41, 5.74) is 1.42. The molecule has 1 N–H and O–H groups in total. The quantitative estimate of drug-likeness (QED) is 0.226. The lowest BCUT2D eigenvalue weighted by atomic mass is 9.32. The first-order chi connectivity index (χ1) is 20.9. The molecule has 0 spiro atoms.